The monoisotopic (exact) mass is 269 g/mol. The maximum Gasteiger partial charge on any atom is 0.281 e. The van der Waals surface area contributed by atoms with Crippen molar-refractivity contribution in [2.24, 2.45) is 5.73 Å². The molecule has 0 aliphatic heterocycles. The third-order valence-corrected chi connectivity index (χ3v) is 1.80. The molecule has 0 unspecified atom stereocenters. The molecule has 0 saturated heterocycles. The Morgan fingerprint density at radius 3 is 2.74 bits per heavy atom. The van der Waals surface area contributed by atoms with Crippen LogP contribution in [0.5, 0.6) is 5.75 Å². The molecule has 0 fully saturated rings. The average Bonchev–Trinajstić information content (AvgIpc) is 2.36. The first kappa shape index (κ1) is 14.4. The van der Waals surface area contributed by atoms with Gasteiger partial charge in [-0.1, -0.05) is 6.07 Å². The standard InChI is InChI=1S/C10H11N3O6/c11-9(14)5-19-12-10(15)6-18-8-3-1-2-7(4-8)13(16)17/h1-4H,5-6H2,(H2,11,14)(H,12,15). The first-order chi connectivity index (χ1) is 8.99. The van der Waals surface area contributed by atoms with Gasteiger partial charge in [0, 0.05) is 6.07 Å². The Hall–Kier alpha value is -2.68. The lowest BCUT2D eigenvalue weighted by atomic mass is 10.3. The third kappa shape index (κ3) is 5.46. The van der Waals surface area contributed by atoms with Crippen molar-refractivity contribution in [3.63, 3.8) is 0 Å². The number of amides is 2. The lowest BCUT2D eigenvalue weighted by Gasteiger charge is -2.06. The van der Waals surface area contributed by atoms with Gasteiger partial charge in [-0.05, 0) is 6.07 Å². The largest absolute Gasteiger partial charge is 0.483 e. The van der Waals surface area contributed by atoms with Gasteiger partial charge < -0.3 is 10.5 Å². The van der Waals surface area contributed by atoms with E-state index in [-0.39, 0.29) is 11.4 Å². The molecule has 0 aliphatic rings. The molecule has 0 atom stereocenters. The highest BCUT2D eigenvalue weighted by molar-refractivity contribution is 5.77. The number of nitrogens with zero attached hydrogens (tertiary/aromatic N) is 1. The molecule has 0 aromatic heterocycles. The second-order valence-electron chi connectivity index (χ2n) is 3.32. The number of ether oxygens (including phenoxy) is 1. The highest BCUT2D eigenvalue weighted by Crippen LogP contribution is 2.18. The molecule has 0 aliphatic carbocycles. The van der Waals surface area contributed by atoms with Crippen molar-refractivity contribution in [3.05, 3.63) is 34.4 Å². The van der Waals surface area contributed by atoms with Crippen LogP contribution in [0.25, 0.3) is 0 Å². The molecule has 19 heavy (non-hydrogen) atoms. The van der Waals surface area contributed by atoms with E-state index in [9.17, 15) is 19.7 Å². The molecule has 3 N–H and O–H groups in total. The highest BCUT2D eigenvalue weighted by atomic mass is 16.7. The van der Waals surface area contributed by atoms with Crippen LogP contribution in [-0.2, 0) is 14.4 Å². The molecule has 2 amide bonds. The van der Waals surface area contributed by atoms with Gasteiger partial charge in [0.05, 0.1) is 11.0 Å². The van der Waals surface area contributed by atoms with Crippen LogP contribution in [0.1, 0.15) is 0 Å². The molecular formula is C10H11N3O6. The Morgan fingerprint density at radius 1 is 1.37 bits per heavy atom. The number of benzene rings is 1. The molecular weight excluding hydrogens is 258 g/mol. The molecule has 9 heteroatoms. The zero-order chi connectivity index (χ0) is 14.3. The van der Waals surface area contributed by atoms with Gasteiger partial charge in [0.1, 0.15) is 5.75 Å². The predicted octanol–water partition coefficient (Wildman–Crippen LogP) is -0.493. The molecule has 1 aromatic carbocycles. The minimum atomic E-state index is -0.736. The summed E-state index contributed by atoms with van der Waals surface area (Å²) >= 11 is 0. The normalized spacial score (nSPS) is 9.68. The van der Waals surface area contributed by atoms with Crippen LogP contribution < -0.4 is 16.0 Å². The summed E-state index contributed by atoms with van der Waals surface area (Å²) < 4.78 is 5.00. The fourth-order valence-corrected chi connectivity index (χ4v) is 1.05. The Balaban J connectivity index is 2.39. The smallest absolute Gasteiger partial charge is 0.281 e. The quantitative estimate of drug-likeness (QED) is 0.506. The Bertz CT molecular complexity index is 490. The van der Waals surface area contributed by atoms with Gasteiger partial charge in [-0.25, -0.2) is 5.48 Å². The minimum absolute atomic E-state index is 0.150. The molecule has 0 spiro atoms. The van der Waals surface area contributed by atoms with E-state index in [0.29, 0.717) is 0 Å². The van der Waals surface area contributed by atoms with Gasteiger partial charge >= 0.3 is 0 Å². The number of hydroxylamine groups is 1. The molecule has 0 heterocycles. The zero-order valence-corrected chi connectivity index (χ0v) is 9.70. The van der Waals surface area contributed by atoms with E-state index in [1.165, 1.54) is 24.3 Å². The van der Waals surface area contributed by atoms with Gasteiger partial charge in [0.25, 0.3) is 11.6 Å². The van der Waals surface area contributed by atoms with E-state index in [1.807, 2.05) is 5.48 Å². The number of hydrogen-bond acceptors (Lipinski definition) is 6. The van der Waals surface area contributed by atoms with Crippen LogP contribution >= 0.6 is 0 Å². The number of carbonyl (C=O) groups excluding carboxylic acids is 2. The van der Waals surface area contributed by atoms with Crippen molar-refractivity contribution in [1.82, 2.24) is 5.48 Å². The van der Waals surface area contributed by atoms with Crippen LogP contribution in [-0.4, -0.2) is 30.0 Å². The summed E-state index contributed by atoms with van der Waals surface area (Å²) in [5.41, 5.74) is 6.55. The molecule has 0 bridgehead atoms. The maximum atomic E-state index is 11.2. The zero-order valence-electron chi connectivity index (χ0n) is 9.70. The highest BCUT2D eigenvalue weighted by Gasteiger charge is 2.08. The second kappa shape index (κ2) is 6.91. The van der Waals surface area contributed by atoms with Crippen LogP contribution in [0.2, 0.25) is 0 Å². The van der Waals surface area contributed by atoms with Crippen molar-refractivity contribution in [2.45, 2.75) is 0 Å². The summed E-state index contributed by atoms with van der Waals surface area (Å²) in [6, 6.07) is 5.36. The number of hydrogen-bond donors (Lipinski definition) is 2. The molecule has 9 nitrogen and oxygen atoms in total. The molecule has 102 valence electrons. The van der Waals surface area contributed by atoms with E-state index in [0.717, 1.165) is 0 Å². The lowest BCUT2D eigenvalue weighted by Crippen LogP contribution is -2.32. The number of carbonyl (C=O) groups is 2. The van der Waals surface area contributed by atoms with E-state index in [2.05, 4.69) is 4.84 Å². The number of nitrogens with one attached hydrogen (secondary N) is 1. The fraction of sp³-hybridized carbons (Fsp3) is 0.200. The Morgan fingerprint density at radius 2 is 2.11 bits per heavy atom. The van der Waals surface area contributed by atoms with Crippen molar-refractivity contribution in [1.29, 1.82) is 0 Å². The number of nitrogens with two attached hydrogens (primary N) is 1. The first-order valence-corrected chi connectivity index (χ1v) is 5.05. The van der Waals surface area contributed by atoms with Crippen molar-refractivity contribution >= 4 is 17.5 Å². The minimum Gasteiger partial charge on any atom is -0.483 e. The number of rotatable bonds is 7. The third-order valence-electron chi connectivity index (χ3n) is 1.80. The number of non-ortho nitro benzene ring substituents is 1. The van der Waals surface area contributed by atoms with E-state index >= 15 is 0 Å². The topological polar surface area (TPSA) is 134 Å². The first-order valence-electron chi connectivity index (χ1n) is 5.05. The number of nitro benzene ring substituents is 1. The van der Waals surface area contributed by atoms with Crippen LogP contribution in [0.3, 0.4) is 0 Å². The van der Waals surface area contributed by atoms with E-state index in [4.69, 9.17) is 10.5 Å². The van der Waals surface area contributed by atoms with Gasteiger partial charge in [-0.15, -0.1) is 0 Å². The summed E-state index contributed by atoms with van der Waals surface area (Å²) in [6.45, 7) is -0.873. The summed E-state index contributed by atoms with van der Waals surface area (Å²) in [4.78, 5) is 35.8. The van der Waals surface area contributed by atoms with Crippen molar-refractivity contribution in [3.8, 4) is 5.75 Å². The molecule has 1 rings (SSSR count). The summed E-state index contributed by atoms with van der Waals surface area (Å²) in [5.74, 6) is -1.23. The second-order valence-corrected chi connectivity index (χ2v) is 3.32. The number of nitro groups is 1. The molecule has 1 aromatic rings. The van der Waals surface area contributed by atoms with E-state index < -0.39 is 30.0 Å². The summed E-state index contributed by atoms with van der Waals surface area (Å²) in [5, 5.41) is 10.5. The summed E-state index contributed by atoms with van der Waals surface area (Å²) in [6.07, 6.45) is 0. The van der Waals surface area contributed by atoms with Crippen molar-refractivity contribution < 1.29 is 24.1 Å². The molecule has 0 saturated carbocycles. The lowest BCUT2D eigenvalue weighted by molar-refractivity contribution is -0.384. The van der Waals surface area contributed by atoms with E-state index in [1.54, 1.807) is 0 Å². The van der Waals surface area contributed by atoms with Gasteiger partial charge in [-0.3, -0.25) is 24.5 Å². The average molecular weight is 269 g/mol. The fourth-order valence-electron chi connectivity index (χ4n) is 1.05. The van der Waals surface area contributed by atoms with Gasteiger partial charge in [0.2, 0.25) is 5.91 Å². The Labute approximate surface area is 107 Å². The summed E-state index contributed by atoms with van der Waals surface area (Å²) in [7, 11) is 0. The van der Waals surface area contributed by atoms with Crippen LogP contribution in [0, 0.1) is 10.1 Å². The Kier molecular flexibility index (Phi) is 5.23. The van der Waals surface area contributed by atoms with Crippen LogP contribution in [0.15, 0.2) is 24.3 Å². The molecule has 0 radical (unpaired) electrons. The van der Waals surface area contributed by atoms with Gasteiger partial charge in [0.15, 0.2) is 13.2 Å². The maximum absolute atomic E-state index is 11.2. The predicted molar refractivity (Wildman–Crippen MR) is 61.9 cm³/mol. The number of primary amides is 1. The van der Waals surface area contributed by atoms with Crippen LogP contribution in [0.4, 0.5) is 5.69 Å². The SMILES string of the molecule is NC(=O)CONC(=O)COc1cccc([N+](=O)[O-])c1. The van der Waals surface area contributed by atoms with Gasteiger partial charge in [-0.2, -0.15) is 0 Å². The van der Waals surface area contributed by atoms with Crippen molar-refractivity contribution in [2.75, 3.05) is 13.2 Å².